The van der Waals surface area contributed by atoms with Crippen molar-refractivity contribution in [1.82, 2.24) is 10.2 Å². The summed E-state index contributed by atoms with van der Waals surface area (Å²) in [6.07, 6.45) is 0. The molecule has 0 bridgehead atoms. The van der Waals surface area contributed by atoms with E-state index in [-0.39, 0.29) is 17.3 Å². The fraction of sp³-hybridized carbons (Fsp3) is 0.235. The van der Waals surface area contributed by atoms with E-state index in [9.17, 15) is 4.79 Å². The number of carbonyl (C=O) groups is 1. The van der Waals surface area contributed by atoms with Crippen LogP contribution in [0.4, 0.5) is 6.01 Å². The number of carbonyl (C=O) groups excluding carboxylic acids is 1. The van der Waals surface area contributed by atoms with Gasteiger partial charge in [-0.2, -0.15) is 0 Å². The summed E-state index contributed by atoms with van der Waals surface area (Å²) in [6.45, 7) is 6.39. The number of benzene rings is 1. The summed E-state index contributed by atoms with van der Waals surface area (Å²) in [5.41, 5.74) is 1.76. The van der Waals surface area contributed by atoms with Crippen LogP contribution in [-0.2, 0) is 5.41 Å². The summed E-state index contributed by atoms with van der Waals surface area (Å²) < 4.78 is 6.46. The first-order chi connectivity index (χ1) is 11.3. The molecule has 2 aromatic heterocycles. The molecule has 0 atom stereocenters. The van der Waals surface area contributed by atoms with Crippen LogP contribution in [-0.4, -0.2) is 16.1 Å². The molecule has 3 rings (SSSR count). The van der Waals surface area contributed by atoms with E-state index < -0.39 is 0 Å². The van der Waals surface area contributed by atoms with Crippen LogP contribution in [0.1, 0.15) is 36.7 Å². The van der Waals surface area contributed by atoms with Crippen molar-refractivity contribution >= 4 is 39.2 Å². The molecule has 7 heteroatoms. The zero-order chi connectivity index (χ0) is 17.3. The molecule has 1 N–H and O–H groups in total. The highest BCUT2D eigenvalue weighted by Crippen LogP contribution is 2.31. The minimum Gasteiger partial charge on any atom is -0.402 e. The van der Waals surface area contributed by atoms with Gasteiger partial charge in [-0.3, -0.25) is 10.1 Å². The number of thiophene rings is 1. The molecule has 2 heterocycles. The second-order valence-electron chi connectivity index (χ2n) is 6.30. The maximum atomic E-state index is 12.3. The maximum Gasteiger partial charge on any atom is 0.322 e. The molecule has 24 heavy (non-hydrogen) atoms. The van der Waals surface area contributed by atoms with Gasteiger partial charge in [-0.25, -0.2) is 0 Å². The molecule has 3 aromatic rings. The lowest BCUT2D eigenvalue weighted by molar-refractivity contribution is 0.102. The van der Waals surface area contributed by atoms with Gasteiger partial charge in [0.05, 0.1) is 8.66 Å². The molecule has 124 valence electrons. The largest absolute Gasteiger partial charge is 0.402 e. The quantitative estimate of drug-likeness (QED) is 0.656. The van der Waals surface area contributed by atoms with Crippen LogP contribution in [0.5, 0.6) is 0 Å². The van der Waals surface area contributed by atoms with Crippen molar-refractivity contribution in [2.24, 2.45) is 0 Å². The Hall–Kier alpha value is -1.99. The molecular weight excluding hydrogens is 390 g/mol. The van der Waals surface area contributed by atoms with Crippen LogP contribution in [0.3, 0.4) is 0 Å². The highest BCUT2D eigenvalue weighted by atomic mass is 79.9. The Kier molecular flexibility index (Phi) is 4.56. The van der Waals surface area contributed by atoms with Crippen molar-refractivity contribution in [3.8, 4) is 10.8 Å². The third-order valence-corrected chi connectivity index (χ3v) is 5.05. The van der Waals surface area contributed by atoms with Gasteiger partial charge >= 0.3 is 6.01 Å². The summed E-state index contributed by atoms with van der Waals surface area (Å²) in [6, 6.07) is 11.4. The predicted octanol–water partition coefficient (Wildman–Crippen LogP) is 5.11. The summed E-state index contributed by atoms with van der Waals surface area (Å²) in [4.78, 5) is 13.1. The lowest BCUT2D eigenvalue weighted by Crippen LogP contribution is -2.14. The molecule has 0 spiro atoms. The number of hydrogen-bond donors (Lipinski definition) is 1. The Balaban J connectivity index is 1.72. The lowest BCUT2D eigenvalue weighted by atomic mass is 9.87. The van der Waals surface area contributed by atoms with Gasteiger partial charge in [0, 0.05) is 5.56 Å². The Labute approximate surface area is 152 Å². The van der Waals surface area contributed by atoms with Crippen LogP contribution in [0.2, 0.25) is 0 Å². The van der Waals surface area contributed by atoms with E-state index in [4.69, 9.17) is 4.42 Å². The molecule has 0 saturated heterocycles. The van der Waals surface area contributed by atoms with E-state index in [1.165, 1.54) is 16.9 Å². The van der Waals surface area contributed by atoms with Gasteiger partial charge < -0.3 is 4.42 Å². The second-order valence-corrected chi connectivity index (χ2v) is 8.76. The van der Waals surface area contributed by atoms with Gasteiger partial charge in [0.1, 0.15) is 0 Å². The molecular formula is C17H16BrN3O2S. The van der Waals surface area contributed by atoms with Crippen molar-refractivity contribution in [2.75, 3.05) is 5.32 Å². The van der Waals surface area contributed by atoms with Gasteiger partial charge in [-0.1, -0.05) is 38.0 Å². The molecule has 1 amide bonds. The van der Waals surface area contributed by atoms with Crippen LogP contribution in [0.15, 0.2) is 44.6 Å². The lowest BCUT2D eigenvalue weighted by Gasteiger charge is -2.18. The van der Waals surface area contributed by atoms with Gasteiger partial charge in [-0.05, 0) is 51.2 Å². The van der Waals surface area contributed by atoms with Crippen molar-refractivity contribution in [1.29, 1.82) is 0 Å². The summed E-state index contributed by atoms with van der Waals surface area (Å²) in [7, 11) is 0. The van der Waals surface area contributed by atoms with Crippen molar-refractivity contribution < 1.29 is 9.21 Å². The van der Waals surface area contributed by atoms with Crippen LogP contribution < -0.4 is 5.32 Å². The fourth-order valence-corrected chi connectivity index (χ4v) is 3.40. The Morgan fingerprint density at radius 3 is 2.42 bits per heavy atom. The minimum absolute atomic E-state index is 0.0470. The normalized spacial score (nSPS) is 11.5. The predicted molar refractivity (Wildman–Crippen MR) is 98.4 cm³/mol. The Morgan fingerprint density at radius 2 is 1.83 bits per heavy atom. The number of anilines is 1. The average Bonchev–Trinajstić information content (AvgIpc) is 3.15. The van der Waals surface area contributed by atoms with E-state index in [1.807, 2.05) is 24.3 Å². The molecule has 0 fully saturated rings. The third-order valence-electron chi connectivity index (χ3n) is 3.44. The van der Waals surface area contributed by atoms with Crippen molar-refractivity contribution in [3.63, 3.8) is 0 Å². The first-order valence-electron chi connectivity index (χ1n) is 7.34. The van der Waals surface area contributed by atoms with E-state index in [0.29, 0.717) is 11.5 Å². The number of aromatic nitrogens is 2. The second kappa shape index (κ2) is 6.49. The molecule has 0 aliphatic carbocycles. The number of rotatable bonds is 3. The number of nitrogens with zero attached hydrogens (tertiary/aromatic N) is 2. The third kappa shape index (κ3) is 3.73. The maximum absolute atomic E-state index is 12.3. The Morgan fingerprint density at radius 1 is 1.12 bits per heavy atom. The highest BCUT2D eigenvalue weighted by Gasteiger charge is 2.16. The summed E-state index contributed by atoms with van der Waals surface area (Å²) >= 11 is 4.87. The molecule has 1 aromatic carbocycles. The number of nitrogens with one attached hydrogen (secondary N) is 1. The van der Waals surface area contributed by atoms with Gasteiger partial charge in [0.25, 0.3) is 11.8 Å². The van der Waals surface area contributed by atoms with E-state index in [0.717, 1.165) is 8.66 Å². The minimum atomic E-state index is -0.280. The van der Waals surface area contributed by atoms with Crippen molar-refractivity contribution in [3.05, 3.63) is 51.3 Å². The standard InChI is InChI=1S/C17H16BrN3O2S/c1-17(2,3)11-6-4-10(5-7-11)14(22)19-16-21-20-15(23-16)12-8-9-13(18)24-12/h4-9H,1-3H3,(H,19,21,22). The van der Waals surface area contributed by atoms with E-state index in [1.54, 1.807) is 12.1 Å². The molecule has 0 radical (unpaired) electrons. The number of halogens is 1. The first-order valence-corrected chi connectivity index (χ1v) is 8.95. The topological polar surface area (TPSA) is 68.0 Å². The smallest absolute Gasteiger partial charge is 0.322 e. The average molecular weight is 406 g/mol. The summed E-state index contributed by atoms with van der Waals surface area (Å²) in [5.74, 6) is 0.0992. The molecule has 0 unspecified atom stereocenters. The Bertz CT molecular complexity index is 863. The van der Waals surface area contributed by atoms with Crippen LogP contribution in [0.25, 0.3) is 10.8 Å². The van der Waals surface area contributed by atoms with E-state index in [2.05, 4.69) is 52.2 Å². The number of hydrogen-bond acceptors (Lipinski definition) is 5. The number of amides is 1. The first kappa shape index (κ1) is 16.9. The zero-order valence-electron chi connectivity index (χ0n) is 13.5. The molecule has 0 aliphatic rings. The highest BCUT2D eigenvalue weighted by molar-refractivity contribution is 9.11. The van der Waals surface area contributed by atoms with Gasteiger partial charge in [0.2, 0.25) is 0 Å². The van der Waals surface area contributed by atoms with E-state index >= 15 is 0 Å². The molecule has 5 nitrogen and oxygen atoms in total. The van der Waals surface area contributed by atoms with Gasteiger partial charge in [0.15, 0.2) is 0 Å². The molecule has 0 aliphatic heterocycles. The van der Waals surface area contributed by atoms with Gasteiger partial charge in [-0.15, -0.1) is 16.4 Å². The summed E-state index contributed by atoms with van der Waals surface area (Å²) in [5, 5.41) is 10.4. The van der Waals surface area contributed by atoms with Crippen LogP contribution in [0, 0.1) is 0 Å². The zero-order valence-corrected chi connectivity index (χ0v) is 15.9. The SMILES string of the molecule is CC(C)(C)c1ccc(C(=O)Nc2nnc(-c3ccc(Br)s3)o2)cc1. The molecule has 0 saturated carbocycles. The fourth-order valence-electron chi connectivity index (χ4n) is 2.09. The van der Waals surface area contributed by atoms with Crippen molar-refractivity contribution in [2.45, 2.75) is 26.2 Å². The monoisotopic (exact) mass is 405 g/mol. The van der Waals surface area contributed by atoms with Crippen LogP contribution >= 0.6 is 27.3 Å².